The molecule has 0 spiro atoms. The van der Waals surface area contributed by atoms with Gasteiger partial charge < -0.3 is 15.5 Å². The maximum Gasteiger partial charge on any atom is 0.271 e. The molecule has 2 saturated heterocycles. The molecule has 0 aliphatic carbocycles. The van der Waals surface area contributed by atoms with E-state index in [0.717, 1.165) is 51.9 Å². The van der Waals surface area contributed by atoms with Crippen molar-refractivity contribution in [2.24, 2.45) is 0 Å². The second-order valence-electron chi connectivity index (χ2n) is 6.98. The number of aromatic nitrogens is 2. The number of nitrogens with zero attached hydrogens (tertiary/aromatic N) is 3. The van der Waals surface area contributed by atoms with E-state index in [1.54, 1.807) is 6.07 Å². The monoisotopic (exact) mass is 383 g/mol. The molecule has 3 rings (SSSR count). The minimum absolute atomic E-state index is 0. The van der Waals surface area contributed by atoms with E-state index in [-0.39, 0.29) is 24.2 Å². The second kappa shape index (κ2) is 10.5. The first-order valence-electron chi connectivity index (χ1n) is 9.56. The number of amides is 2. The van der Waals surface area contributed by atoms with Crippen molar-refractivity contribution >= 4 is 24.2 Å². The molecular formula is C18H30ClN5O2. The van der Waals surface area contributed by atoms with Crippen LogP contribution in [0, 0.1) is 0 Å². The van der Waals surface area contributed by atoms with E-state index < -0.39 is 0 Å². The average molecular weight is 384 g/mol. The van der Waals surface area contributed by atoms with Crippen molar-refractivity contribution in [1.29, 1.82) is 0 Å². The van der Waals surface area contributed by atoms with Crippen molar-refractivity contribution in [3.8, 4) is 0 Å². The van der Waals surface area contributed by atoms with Crippen LogP contribution in [0.4, 0.5) is 0 Å². The van der Waals surface area contributed by atoms with Gasteiger partial charge in [-0.2, -0.15) is 5.10 Å². The highest BCUT2D eigenvalue weighted by atomic mass is 35.5. The van der Waals surface area contributed by atoms with Gasteiger partial charge in [0, 0.05) is 38.8 Å². The van der Waals surface area contributed by atoms with Crippen LogP contribution in [0.3, 0.4) is 0 Å². The van der Waals surface area contributed by atoms with E-state index in [0.29, 0.717) is 24.7 Å². The molecule has 0 aromatic carbocycles. The van der Waals surface area contributed by atoms with Gasteiger partial charge in [-0.25, -0.2) is 0 Å². The molecule has 0 radical (unpaired) electrons. The van der Waals surface area contributed by atoms with Crippen molar-refractivity contribution in [1.82, 2.24) is 25.3 Å². The summed E-state index contributed by atoms with van der Waals surface area (Å²) in [5.74, 6) is -0.0628. The maximum atomic E-state index is 12.2. The molecule has 0 bridgehead atoms. The van der Waals surface area contributed by atoms with Crippen LogP contribution in [-0.4, -0.2) is 59.2 Å². The fraction of sp³-hybridized carbons (Fsp3) is 0.722. The molecule has 7 nitrogen and oxygen atoms in total. The van der Waals surface area contributed by atoms with Crippen LogP contribution in [0.2, 0.25) is 0 Å². The summed E-state index contributed by atoms with van der Waals surface area (Å²) < 4.78 is 1.88. The third-order valence-electron chi connectivity index (χ3n) is 5.07. The largest absolute Gasteiger partial charge is 0.350 e. The van der Waals surface area contributed by atoms with E-state index in [1.807, 2.05) is 15.8 Å². The van der Waals surface area contributed by atoms with Crippen LogP contribution >= 0.6 is 12.4 Å². The summed E-state index contributed by atoms with van der Waals surface area (Å²) >= 11 is 0. The number of halogens is 1. The number of piperidine rings is 1. The Bertz CT molecular complexity index is 578. The summed E-state index contributed by atoms with van der Waals surface area (Å²) in [4.78, 5) is 26.4. The average Bonchev–Trinajstić information content (AvgIpc) is 2.98. The molecule has 3 heterocycles. The van der Waals surface area contributed by atoms with Gasteiger partial charge in [0.15, 0.2) is 0 Å². The van der Waals surface area contributed by atoms with Gasteiger partial charge >= 0.3 is 0 Å². The molecule has 2 aliphatic rings. The summed E-state index contributed by atoms with van der Waals surface area (Å²) in [6.07, 6.45) is 9.04. The van der Waals surface area contributed by atoms with E-state index in [9.17, 15) is 9.59 Å². The molecule has 2 N–H and O–H groups in total. The van der Waals surface area contributed by atoms with Gasteiger partial charge in [0.25, 0.3) is 5.91 Å². The number of hydrogen-bond acceptors (Lipinski definition) is 4. The van der Waals surface area contributed by atoms with Crippen molar-refractivity contribution in [3.63, 3.8) is 0 Å². The lowest BCUT2D eigenvalue weighted by molar-refractivity contribution is -0.131. The summed E-state index contributed by atoms with van der Waals surface area (Å²) in [6.45, 7) is 4.02. The van der Waals surface area contributed by atoms with Crippen LogP contribution in [-0.2, 0) is 4.79 Å². The Labute approximate surface area is 161 Å². The molecule has 1 aromatic heterocycles. The van der Waals surface area contributed by atoms with Crippen LogP contribution in [0.1, 0.15) is 61.5 Å². The summed E-state index contributed by atoms with van der Waals surface area (Å²) in [5.41, 5.74) is 0.424. The molecule has 1 atom stereocenters. The van der Waals surface area contributed by atoms with Gasteiger partial charge in [0.2, 0.25) is 5.91 Å². The highest BCUT2D eigenvalue weighted by Crippen LogP contribution is 2.15. The van der Waals surface area contributed by atoms with Gasteiger partial charge in [0.05, 0.1) is 6.04 Å². The highest BCUT2D eigenvalue weighted by molar-refractivity contribution is 5.92. The summed E-state index contributed by atoms with van der Waals surface area (Å²) in [6, 6.07) is 2.07. The molecule has 2 aliphatic heterocycles. The lowest BCUT2D eigenvalue weighted by Crippen LogP contribution is -2.35. The van der Waals surface area contributed by atoms with Crippen LogP contribution < -0.4 is 10.6 Å². The minimum atomic E-state index is -0.203. The molecule has 146 valence electrons. The van der Waals surface area contributed by atoms with E-state index in [1.165, 1.54) is 12.8 Å². The van der Waals surface area contributed by atoms with Crippen molar-refractivity contribution in [2.75, 3.05) is 32.7 Å². The van der Waals surface area contributed by atoms with E-state index >= 15 is 0 Å². The van der Waals surface area contributed by atoms with Gasteiger partial charge in [-0.05, 0) is 38.3 Å². The Kier molecular flexibility index (Phi) is 8.38. The van der Waals surface area contributed by atoms with E-state index in [2.05, 4.69) is 15.7 Å². The van der Waals surface area contributed by atoms with Crippen LogP contribution in [0.25, 0.3) is 0 Å². The van der Waals surface area contributed by atoms with Gasteiger partial charge in [-0.1, -0.05) is 12.8 Å². The van der Waals surface area contributed by atoms with Gasteiger partial charge in [0.1, 0.15) is 5.69 Å². The zero-order valence-electron chi connectivity index (χ0n) is 15.3. The molecule has 1 unspecified atom stereocenters. The van der Waals surface area contributed by atoms with Gasteiger partial charge in [-0.3, -0.25) is 14.3 Å². The first-order valence-corrected chi connectivity index (χ1v) is 9.56. The Morgan fingerprint density at radius 3 is 2.65 bits per heavy atom. The third-order valence-corrected chi connectivity index (χ3v) is 5.07. The Balaban J connectivity index is 0.00000243. The molecule has 1 aromatic rings. The fourth-order valence-corrected chi connectivity index (χ4v) is 3.57. The first-order chi connectivity index (χ1) is 12.2. The SMILES string of the molecule is Cl.O=C(NCCC(=O)N1CCCCCC1)c1ccn(C2CCCNC2)n1. The lowest BCUT2D eigenvalue weighted by atomic mass is 10.1. The first kappa shape index (κ1) is 20.7. The number of carbonyl (C=O) groups excluding carboxylic acids is 2. The predicted molar refractivity (Wildman–Crippen MR) is 103 cm³/mol. The smallest absolute Gasteiger partial charge is 0.271 e. The molecular weight excluding hydrogens is 354 g/mol. The Hall–Kier alpha value is -1.60. The summed E-state index contributed by atoms with van der Waals surface area (Å²) in [7, 11) is 0. The summed E-state index contributed by atoms with van der Waals surface area (Å²) in [5, 5.41) is 10.6. The van der Waals surface area contributed by atoms with Gasteiger partial charge in [-0.15, -0.1) is 12.4 Å². The number of rotatable bonds is 5. The van der Waals surface area contributed by atoms with E-state index in [4.69, 9.17) is 0 Å². The third kappa shape index (κ3) is 5.71. The molecule has 2 fully saturated rings. The fourth-order valence-electron chi connectivity index (χ4n) is 3.57. The zero-order chi connectivity index (χ0) is 17.5. The Morgan fingerprint density at radius 1 is 1.19 bits per heavy atom. The topological polar surface area (TPSA) is 79.3 Å². The maximum absolute atomic E-state index is 12.2. The second-order valence-corrected chi connectivity index (χ2v) is 6.98. The lowest BCUT2D eigenvalue weighted by Gasteiger charge is -2.22. The molecule has 26 heavy (non-hydrogen) atoms. The predicted octanol–water partition coefficient (Wildman–Crippen LogP) is 1.75. The van der Waals surface area contributed by atoms with Crippen molar-refractivity contribution in [3.05, 3.63) is 18.0 Å². The number of likely N-dealkylation sites (tertiary alicyclic amines) is 1. The number of hydrogen-bond donors (Lipinski definition) is 2. The number of nitrogens with one attached hydrogen (secondary N) is 2. The van der Waals surface area contributed by atoms with Crippen molar-refractivity contribution < 1.29 is 9.59 Å². The molecule has 0 saturated carbocycles. The zero-order valence-corrected chi connectivity index (χ0v) is 16.1. The standard InChI is InChI=1S/C18H29N5O2.ClH/c24-17(22-11-3-1-2-4-12-22)7-10-20-18(25)16-8-13-23(21-16)15-6-5-9-19-14-15;/h8,13,15,19H,1-7,9-12,14H2,(H,20,25);1H. The quantitative estimate of drug-likeness (QED) is 0.811. The highest BCUT2D eigenvalue weighted by Gasteiger charge is 2.18. The minimum Gasteiger partial charge on any atom is -0.350 e. The normalized spacial score (nSPS) is 20.8. The van der Waals surface area contributed by atoms with Crippen LogP contribution in [0.15, 0.2) is 12.3 Å². The number of carbonyl (C=O) groups is 2. The molecule has 2 amide bonds. The van der Waals surface area contributed by atoms with Crippen LogP contribution in [0.5, 0.6) is 0 Å². The van der Waals surface area contributed by atoms with Crippen molar-refractivity contribution in [2.45, 2.75) is 51.0 Å². The Morgan fingerprint density at radius 2 is 1.96 bits per heavy atom. The molecule has 8 heteroatoms.